The van der Waals surface area contributed by atoms with Gasteiger partial charge in [-0.25, -0.2) is 0 Å². The smallest absolute Gasteiger partial charge is 0.0462 e. The van der Waals surface area contributed by atoms with Gasteiger partial charge in [0.2, 0.25) is 0 Å². The zero-order valence-corrected chi connectivity index (χ0v) is 8.83. The van der Waals surface area contributed by atoms with Crippen molar-refractivity contribution in [1.82, 2.24) is 0 Å². The first-order valence-corrected chi connectivity index (χ1v) is 5.07. The number of rotatable bonds is 6. The van der Waals surface area contributed by atoms with Crippen LogP contribution in [-0.2, 0) is 11.2 Å². The normalized spacial score (nSPS) is 10.1. The van der Waals surface area contributed by atoms with E-state index in [1.165, 1.54) is 17.5 Å². The monoisotopic (exact) mass is 190 g/mol. The van der Waals surface area contributed by atoms with Crippen molar-refractivity contribution in [2.45, 2.75) is 19.3 Å². The van der Waals surface area contributed by atoms with Gasteiger partial charge < -0.3 is 4.74 Å². The maximum Gasteiger partial charge on any atom is 0.0462 e. The topological polar surface area (TPSA) is 9.23 Å². The Bertz CT molecular complexity index is 261. The second-order valence-electron chi connectivity index (χ2n) is 3.40. The Morgan fingerprint density at radius 2 is 1.93 bits per heavy atom. The fourth-order valence-corrected chi connectivity index (χ4v) is 1.40. The van der Waals surface area contributed by atoms with E-state index in [1.807, 2.05) is 6.08 Å². The molecule has 0 aliphatic rings. The highest BCUT2D eigenvalue weighted by atomic mass is 16.5. The van der Waals surface area contributed by atoms with Gasteiger partial charge in [-0.05, 0) is 30.4 Å². The quantitative estimate of drug-likeness (QED) is 0.625. The number of aryl methyl sites for hydroxylation is 1. The SMILES string of the molecule is C=Cc1ccc(CCCCOC)cc1. The van der Waals surface area contributed by atoms with Crippen molar-refractivity contribution in [3.63, 3.8) is 0 Å². The first-order chi connectivity index (χ1) is 6.86. The molecule has 0 fully saturated rings. The fraction of sp³-hybridized carbons (Fsp3) is 0.385. The minimum absolute atomic E-state index is 0.866. The van der Waals surface area contributed by atoms with Crippen LogP contribution in [0.15, 0.2) is 30.8 Å². The van der Waals surface area contributed by atoms with Gasteiger partial charge in [0, 0.05) is 13.7 Å². The van der Waals surface area contributed by atoms with Crippen LogP contribution in [0, 0.1) is 0 Å². The number of ether oxygens (including phenoxy) is 1. The van der Waals surface area contributed by atoms with Crippen molar-refractivity contribution in [1.29, 1.82) is 0 Å². The average molecular weight is 190 g/mol. The highest BCUT2D eigenvalue weighted by Gasteiger charge is 1.93. The molecule has 14 heavy (non-hydrogen) atoms. The average Bonchev–Trinajstić information content (AvgIpc) is 2.25. The zero-order chi connectivity index (χ0) is 10.2. The van der Waals surface area contributed by atoms with Crippen molar-refractivity contribution in [3.05, 3.63) is 42.0 Å². The second kappa shape index (κ2) is 6.39. The molecule has 1 nitrogen and oxygen atoms in total. The maximum atomic E-state index is 5.00. The Morgan fingerprint density at radius 1 is 1.21 bits per heavy atom. The summed E-state index contributed by atoms with van der Waals surface area (Å²) in [6.07, 6.45) is 5.34. The summed E-state index contributed by atoms with van der Waals surface area (Å²) < 4.78 is 5.00. The molecular formula is C13H18O. The highest BCUT2D eigenvalue weighted by molar-refractivity contribution is 5.47. The standard InChI is InChI=1S/C13H18O/c1-3-12-7-9-13(10-8-12)6-4-5-11-14-2/h3,7-10H,1,4-6,11H2,2H3. The molecule has 0 N–H and O–H groups in total. The van der Waals surface area contributed by atoms with E-state index in [0.717, 1.165) is 19.4 Å². The van der Waals surface area contributed by atoms with E-state index in [-0.39, 0.29) is 0 Å². The molecule has 0 unspecified atom stereocenters. The van der Waals surface area contributed by atoms with Crippen LogP contribution in [0.1, 0.15) is 24.0 Å². The molecule has 1 aromatic rings. The molecule has 0 amide bonds. The number of hydrogen-bond donors (Lipinski definition) is 0. The van der Waals surface area contributed by atoms with Crippen molar-refractivity contribution < 1.29 is 4.74 Å². The van der Waals surface area contributed by atoms with Crippen LogP contribution in [0.3, 0.4) is 0 Å². The molecule has 0 spiro atoms. The molecule has 0 aliphatic carbocycles. The summed E-state index contributed by atoms with van der Waals surface area (Å²) in [6, 6.07) is 8.56. The minimum Gasteiger partial charge on any atom is -0.385 e. The van der Waals surface area contributed by atoms with Gasteiger partial charge in [0.1, 0.15) is 0 Å². The van der Waals surface area contributed by atoms with Crippen LogP contribution in [0.25, 0.3) is 6.08 Å². The van der Waals surface area contributed by atoms with E-state index in [2.05, 4.69) is 30.8 Å². The van der Waals surface area contributed by atoms with Crippen LogP contribution < -0.4 is 0 Å². The van der Waals surface area contributed by atoms with Gasteiger partial charge in [-0.15, -0.1) is 0 Å². The van der Waals surface area contributed by atoms with E-state index >= 15 is 0 Å². The van der Waals surface area contributed by atoms with Gasteiger partial charge in [0.25, 0.3) is 0 Å². The summed E-state index contributed by atoms with van der Waals surface area (Å²) >= 11 is 0. The summed E-state index contributed by atoms with van der Waals surface area (Å²) in [4.78, 5) is 0. The predicted octanol–water partition coefficient (Wildman–Crippen LogP) is 3.30. The lowest BCUT2D eigenvalue weighted by molar-refractivity contribution is 0.193. The second-order valence-corrected chi connectivity index (χ2v) is 3.40. The van der Waals surface area contributed by atoms with E-state index < -0.39 is 0 Å². The molecule has 1 aromatic carbocycles. The van der Waals surface area contributed by atoms with Gasteiger partial charge in [0.05, 0.1) is 0 Å². The molecule has 0 bridgehead atoms. The maximum absolute atomic E-state index is 5.00. The predicted molar refractivity (Wildman–Crippen MR) is 61.3 cm³/mol. The van der Waals surface area contributed by atoms with Crippen molar-refractivity contribution in [2.75, 3.05) is 13.7 Å². The van der Waals surface area contributed by atoms with Crippen molar-refractivity contribution in [2.24, 2.45) is 0 Å². The van der Waals surface area contributed by atoms with Crippen LogP contribution >= 0.6 is 0 Å². The van der Waals surface area contributed by atoms with E-state index in [1.54, 1.807) is 7.11 Å². The van der Waals surface area contributed by atoms with Crippen LogP contribution in [0.5, 0.6) is 0 Å². The third-order valence-corrected chi connectivity index (χ3v) is 2.28. The molecule has 0 radical (unpaired) electrons. The molecule has 0 saturated heterocycles. The molecule has 0 atom stereocenters. The van der Waals surface area contributed by atoms with Gasteiger partial charge in [-0.2, -0.15) is 0 Å². The first kappa shape index (κ1) is 11.0. The van der Waals surface area contributed by atoms with Crippen LogP contribution in [-0.4, -0.2) is 13.7 Å². The molecule has 1 heteroatoms. The molecule has 0 saturated carbocycles. The number of unbranched alkanes of at least 4 members (excludes halogenated alkanes) is 1. The molecule has 0 aromatic heterocycles. The number of methoxy groups -OCH3 is 1. The molecule has 1 rings (SSSR count). The summed E-state index contributed by atoms with van der Waals surface area (Å²) in [5, 5.41) is 0. The third-order valence-electron chi connectivity index (χ3n) is 2.28. The number of benzene rings is 1. The summed E-state index contributed by atoms with van der Waals surface area (Å²) in [5.41, 5.74) is 2.58. The molecule has 0 heterocycles. The Labute approximate surface area is 86.4 Å². The van der Waals surface area contributed by atoms with Gasteiger partial charge in [-0.1, -0.05) is 36.9 Å². The lowest BCUT2D eigenvalue weighted by Crippen LogP contribution is -1.91. The van der Waals surface area contributed by atoms with E-state index in [0.29, 0.717) is 0 Å². The zero-order valence-electron chi connectivity index (χ0n) is 8.83. The Kier molecular flexibility index (Phi) is 5.02. The highest BCUT2D eigenvalue weighted by Crippen LogP contribution is 2.08. The van der Waals surface area contributed by atoms with Crippen molar-refractivity contribution >= 4 is 6.08 Å². The Balaban J connectivity index is 2.32. The van der Waals surface area contributed by atoms with Gasteiger partial charge >= 0.3 is 0 Å². The molecule has 76 valence electrons. The summed E-state index contributed by atoms with van der Waals surface area (Å²) in [7, 11) is 1.75. The summed E-state index contributed by atoms with van der Waals surface area (Å²) in [5.74, 6) is 0. The lowest BCUT2D eigenvalue weighted by atomic mass is 10.1. The largest absolute Gasteiger partial charge is 0.385 e. The van der Waals surface area contributed by atoms with Gasteiger partial charge in [-0.3, -0.25) is 0 Å². The minimum atomic E-state index is 0.866. The third kappa shape index (κ3) is 3.75. The Morgan fingerprint density at radius 3 is 2.50 bits per heavy atom. The van der Waals surface area contributed by atoms with Crippen molar-refractivity contribution in [3.8, 4) is 0 Å². The molecule has 0 aliphatic heterocycles. The van der Waals surface area contributed by atoms with Crippen LogP contribution in [0.4, 0.5) is 0 Å². The van der Waals surface area contributed by atoms with E-state index in [9.17, 15) is 0 Å². The van der Waals surface area contributed by atoms with E-state index in [4.69, 9.17) is 4.74 Å². The van der Waals surface area contributed by atoms with Crippen LogP contribution in [0.2, 0.25) is 0 Å². The fourth-order valence-electron chi connectivity index (χ4n) is 1.40. The summed E-state index contributed by atoms with van der Waals surface area (Å²) in [6.45, 7) is 4.60. The first-order valence-electron chi connectivity index (χ1n) is 5.07. The lowest BCUT2D eigenvalue weighted by Gasteiger charge is -2.01. The number of hydrogen-bond acceptors (Lipinski definition) is 1. The molecular weight excluding hydrogens is 172 g/mol. The Hall–Kier alpha value is -1.08. The van der Waals surface area contributed by atoms with Gasteiger partial charge in [0.15, 0.2) is 0 Å².